The van der Waals surface area contributed by atoms with Crippen molar-refractivity contribution in [3.63, 3.8) is 0 Å². The van der Waals surface area contributed by atoms with Crippen LogP contribution in [-0.4, -0.2) is 38.2 Å². The predicted octanol–water partition coefficient (Wildman–Crippen LogP) is 2.66. The number of carboxylic acid groups (broad SMARTS) is 1. The fourth-order valence-electron chi connectivity index (χ4n) is 3.65. The summed E-state index contributed by atoms with van der Waals surface area (Å²) >= 11 is 0. The number of aliphatic carboxylic acids is 1. The lowest BCUT2D eigenvalue weighted by atomic mass is 9.92. The number of amides is 1. The molecule has 0 bridgehead atoms. The molecule has 1 aliphatic rings. The Hall–Kier alpha value is -2.63. The van der Waals surface area contributed by atoms with Crippen LogP contribution in [-0.2, 0) is 16.0 Å². The van der Waals surface area contributed by atoms with Crippen molar-refractivity contribution in [2.45, 2.75) is 45.7 Å². The first-order chi connectivity index (χ1) is 11.9. The van der Waals surface area contributed by atoms with Gasteiger partial charge in [0.25, 0.3) is 0 Å². The van der Waals surface area contributed by atoms with Crippen LogP contribution >= 0.6 is 0 Å². The molecular weight excluding hydrogens is 318 g/mol. The lowest BCUT2D eigenvalue weighted by molar-refractivity contribution is -0.151. The van der Waals surface area contributed by atoms with E-state index in [9.17, 15) is 14.7 Å². The fourth-order valence-corrected chi connectivity index (χ4v) is 3.65. The molecule has 0 saturated heterocycles. The Morgan fingerprint density at radius 2 is 2.04 bits per heavy atom. The van der Waals surface area contributed by atoms with Gasteiger partial charge in [-0.2, -0.15) is 5.10 Å². The first-order valence-corrected chi connectivity index (χ1v) is 8.51. The molecule has 2 atom stereocenters. The average Bonchev–Trinajstić information content (AvgIpc) is 2.91. The summed E-state index contributed by atoms with van der Waals surface area (Å²) in [5, 5.41) is 14.1. The Labute approximate surface area is 147 Å². The second kappa shape index (κ2) is 6.70. The second-order valence-electron chi connectivity index (χ2n) is 6.70. The molecule has 6 heteroatoms. The molecule has 1 N–H and O–H groups in total. The third-order valence-electron chi connectivity index (χ3n) is 4.77. The van der Waals surface area contributed by atoms with Gasteiger partial charge in [0.1, 0.15) is 0 Å². The zero-order valence-electron chi connectivity index (χ0n) is 14.8. The van der Waals surface area contributed by atoms with Gasteiger partial charge in [0.2, 0.25) is 5.91 Å². The van der Waals surface area contributed by atoms with Crippen molar-refractivity contribution in [1.29, 1.82) is 0 Å². The quantitative estimate of drug-likeness (QED) is 0.928. The van der Waals surface area contributed by atoms with Crippen molar-refractivity contribution in [1.82, 2.24) is 14.7 Å². The Morgan fingerprint density at radius 1 is 1.32 bits per heavy atom. The normalized spacial score (nSPS) is 17.9. The molecule has 0 aliphatic carbocycles. The minimum absolute atomic E-state index is 0.118. The van der Waals surface area contributed by atoms with E-state index in [1.54, 1.807) is 6.07 Å². The molecule has 0 saturated carbocycles. The molecule has 1 amide bonds. The molecule has 0 fully saturated rings. The summed E-state index contributed by atoms with van der Waals surface area (Å²) in [5.74, 6) is -1.14. The van der Waals surface area contributed by atoms with Gasteiger partial charge in [0.05, 0.1) is 11.7 Å². The van der Waals surface area contributed by atoms with Gasteiger partial charge in [-0.05, 0) is 44.4 Å². The average molecular weight is 341 g/mol. The summed E-state index contributed by atoms with van der Waals surface area (Å²) in [6.07, 6.45) is 0.911. The van der Waals surface area contributed by atoms with E-state index >= 15 is 0 Å². The summed E-state index contributed by atoms with van der Waals surface area (Å²) in [6, 6.07) is 8.40. The smallest absolute Gasteiger partial charge is 0.331 e. The highest BCUT2D eigenvalue weighted by molar-refractivity contribution is 5.85. The molecular formula is C19H23N3O3. The van der Waals surface area contributed by atoms with Crippen LogP contribution in [0, 0.1) is 13.8 Å². The number of benzene rings is 1. The van der Waals surface area contributed by atoms with Crippen molar-refractivity contribution in [3.05, 3.63) is 52.8 Å². The van der Waals surface area contributed by atoms with Crippen LogP contribution in [0.4, 0.5) is 0 Å². The Bertz CT molecular complexity index is 812. The largest absolute Gasteiger partial charge is 0.479 e. The standard InChI is InChI=1S/C19H23N3O3/c1-12-10-13(2)22(20-12)14(3)11-17(23)21-9-8-15-6-4-5-7-16(15)18(21)19(24)25/h4-7,10,14,18H,8-9,11H2,1-3H3,(H,24,25). The van der Waals surface area contributed by atoms with Crippen LogP contribution in [0.5, 0.6) is 0 Å². The molecule has 3 rings (SSSR count). The van der Waals surface area contributed by atoms with E-state index in [0.29, 0.717) is 18.5 Å². The topological polar surface area (TPSA) is 75.4 Å². The van der Waals surface area contributed by atoms with Crippen molar-refractivity contribution in [2.24, 2.45) is 0 Å². The Kier molecular flexibility index (Phi) is 4.61. The third-order valence-corrected chi connectivity index (χ3v) is 4.77. The molecule has 0 radical (unpaired) electrons. The number of hydrogen-bond donors (Lipinski definition) is 1. The van der Waals surface area contributed by atoms with E-state index < -0.39 is 12.0 Å². The van der Waals surface area contributed by atoms with Crippen LogP contribution in [0.2, 0.25) is 0 Å². The number of hydrogen-bond acceptors (Lipinski definition) is 3. The lowest BCUT2D eigenvalue weighted by Crippen LogP contribution is -2.44. The van der Waals surface area contributed by atoms with Crippen molar-refractivity contribution < 1.29 is 14.7 Å². The molecule has 25 heavy (non-hydrogen) atoms. The van der Waals surface area contributed by atoms with E-state index in [4.69, 9.17) is 0 Å². The van der Waals surface area contributed by atoms with Crippen molar-refractivity contribution in [2.75, 3.05) is 6.54 Å². The maximum absolute atomic E-state index is 12.8. The van der Waals surface area contributed by atoms with Crippen LogP contribution < -0.4 is 0 Å². The number of rotatable bonds is 4. The maximum Gasteiger partial charge on any atom is 0.331 e. The number of carbonyl (C=O) groups is 2. The van der Waals surface area contributed by atoms with Crippen LogP contribution in [0.1, 0.15) is 47.9 Å². The van der Waals surface area contributed by atoms with E-state index in [2.05, 4.69) is 5.10 Å². The van der Waals surface area contributed by atoms with E-state index in [1.165, 1.54) is 4.90 Å². The molecule has 1 aliphatic heterocycles. The van der Waals surface area contributed by atoms with Gasteiger partial charge in [-0.15, -0.1) is 0 Å². The van der Waals surface area contributed by atoms with Crippen molar-refractivity contribution in [3.8, 4) is 0 Å². The number of fused-ring (bicyclic) bond motifs is 1. The highest BCUT2D eigenvalue weighted by atomic mass is 16.4. The second-order valence-corrected chi connectivity index (χ2v) is 6.70. The van der Waals surface area contributed by atoms with E-state index in [0.717, 1.165) is 17.0 Å². The van der Waals surface area contributed by atoms with Gasteiger partial charge in [-0.3, -0.25) is 9.48 Å². The first kappa shape index (κ1) is 17.2. The lowest BCUT2D eigenvalue weighted by Gasteiger charge is -2.35. The molecule has 1 aromatic heterocycles. The number of aromatic nitrogens is 2. The fraction of sp³-hybridized carbons (Fsp3) is 0.421. The molecule has 2 aromatic rings. The van der Waals surface area contributed by atoms with Gasteiger partial charge in [0.15, 0.2) is 6.04 Å². The van der Waals surface area contributed by atoms with Gasteiger partial charge < -0.3 is 10.0 Å². The highest BCUT2D eigenvalue weighted by Gasteiger charge is 2.36. The molecule has 132 valence electrons. The molecule has 2 heterocycles. The zero-order valence-corrected chi connectivity index (χ0v) is 14.8. The molecule has 2 unspecified atom stereocenters. The Morgan fingerprint density at radius 3 is 2.68 bits per heavy atom. The van der Waals surface area contributed by atoms with Gasteiger partial charge in [0, 0.05) is 18.7 Å². The summed E-state index contributed by atoms with van der Waals surface area (Å²) in [4.78, 5) is 26.2. The molecule has 1 aromatic carbocycles. The number of carboxylic acids is 1. The highest BCUT2D eigenvalue weighted by Crippen LogP contribution is 2.31. The third kappa shape index (κ3) is 3.29. The predicted molar refractivity (Wildman–Crippen MR) is 93.3 cm³/mol. The maximum atomic E-state index is 12.8. The van der Waals surface area contributed by atoms with E-state index in [-0.39, 0.29) is 18.4 Å². The number of aryl methyl sites for hydroxylation is 2. The SMILES string of the molecule is Cc1cc(C)n(C(C)CC(=O)N2CCc3ccccc3C2C(=O)O)n1. The minimum Gasteiger partial charge on any atom is -0.479 e. The van der Waals surface area contributed by atoms with Gasteiger partial charge in [-0.25, -0.2) is 4.79 Å². The van der Waals surface area contributed by atoms with E-state index in [1.807, 2.05) is 49.7 Å². The zero-order chi connectivity index (χ0) is 18.1. The number of carbonyl (C=O) groups excluding carboxylic acids is 1. The van der Waals surface area contributed by atoms with Crippen LogP contribution in [0.25, 0.3) is 0 Å². The molecule has 6 nitrogen and oxygen atoms in total. The van der Waals surface area contributed by atoms with Crippen LogP contribution in [0.15, 0.2) is 30.3 Å². The minimum atomic E-state index is -0.987. The Balaban J connectivity index is 1.82. The van der Waals surface area contributed by atoms with Crippen molar-refractivity contribution >= 4 is 11.9 Å². The van der Waals surface area contributed by atoms with Gasteiger partial charge in [-0.1, -0.05) is 24.3 Å². The van der Waals surface area contributed by atoms with Gasteiger partial charge >= 0.3 is 5.97 Å². The molecule has 0 spiro atoms. The summed E-state index contributed by atoms with van der Waals surface area (Å²) < 4.78 is 1.83. The number of nitrogens with zero attached hydrogens (tertiary/aromatic N) is 3. The van der Waals surface area contributed by atoms with Crippen LogP contribution in [0.3, 0.4) is 0 Å². The monoisotopic (exact) mass is 341 g/mol. The summed E-state index contributed by atoms with van der Waals surface area (Å²) in [7, 11) is 0. The first-order valence-electron chi connectivity index (χ1n) is 8.51. The summed E-state index contributed by atoms with van der Waals surface area (Å²) in [6.45, 7) is 6.24. The summed E-state index contributed by atoms with van der Waals surface area (Å²) in [5.41, 5.74) is 3.63.